The van der Waals surface area contributed by atoms with Gasteiger partial charge in [0.1, 0.15) is 5.82 Å². The normalized spacial score (nSPS) is 20.0. The summed E-state index contributed by atoms with van der Waals surface area (Å²) in [5, 5.41) is 3.07. The number of nitrogens with zero attached hydrogens (tertiary/aromatic N) is 1. The van der Waals surface area contributed by atoms with Gasteiger partial charge in [-0.25, -0.2) is 4.39 Å². The van der Waals surface area contributed by atoms with Crippen molar-refractivity contribution in [1.82, 2.24) is 10.2 Å². The minimum atomic E-state index is -4.56. The van der Waals surface area contributed by atoms with Gasteiger partial charge in [0.15, 0.2) is 0 Å². The second-order valence-electron chi connectivity index (χ2n) is 5.24. The maximum atomic E-state index is 13.3. The average Bonchev–Trinajstić information content (AvgIpc) is 2.38. The van der Waals surface area contributed by atoms with Gasteiger partial charge >= 0.3 is 6.18 Å². The molecular formula is C14H16F4N2O. The van der Waals surface area contributed by atoms with Crippen LogP contribution in [0.1, 0.15) is 24.0 Å². The maximum absolute atomic E-state index is 13.3. The lowest BCUT2D eigenvalue weighted by Crippen LogP contribution is -2.46. The van der Waals surface area contributed by atoms with Crippen LogP contribution < -0.4 is 5.32 Å². The largest absolute Gasteiger partial charge is 0.416 e. The van der Waals surface area contributed by atoms with E-state index >= 15 is 0 Å². The number of rotatable bonds is 3. The molecule has 1 amide bonds. The van der Waals surface area contributed by atoms with Crippen LogP contribution in [0.4, 0.5) is 17.6 Å². The zero-order valence-electron chi connectivity index (χ0n) is 11.5. The Morgan fingerprint density at radius 2 is 2.05 bits per heavy atom. The van der Waals surface area contributed by atoms with Crippen molar-refractivity contribution in [3.05, 3.63) is 35.1 Å². The van der Waals surface area contributed by atoms with E-state index in [-0.39, 0.29) is 24.1 Å². The number of alkyl halides is 3. The summed E-state index contributed by atoms with van der Waals surface area (Å²) in [6, 6.07) is 2.51. The van der Waals surface area contributed by atoms with Crippen LogP contribution in [0.15, 0.2) is 18.2 Å². The molecule has 3 nitrogen and oxygen atoms in total. The van der Waals surface area contributed by atoms with Gasteiger partial charge in [-0.05, 0) is 30.2 Å². The highest BCUT2D eigenvalue weighted by molar-refractivity contribution is 5.76. The highest BCUT2D eigenvalue weighted by Gasteiger charge is 2.31. The van der Waals surface area contributed by atoms with Gasteiger partial charge in [-0.1, -0.05) is 0 Å². The van der Waals surface area contributed by atoms with Crippen LogP contribution in [-0.4, -0.2) is 30.4 Å². The zero-order valence-corrected chi connectivity index (χ0v) is 11.5. The summed E-state index contributed by atoms with van der Waals surface area (Å²) in [5.41, 5.74) is -0.753. The molecule has 116 valence electrons. The third-order valence-electron chi connectivity index (χ3n) is 3.51. The van der Waals surface area contributed by atoms with Crippen molar-refractivity contribution >= 4 is 5.91 Å². The van der Waals surface area contributed by atoms with Crippen LogP contribution in [0.25, 0.3) is 0 Å². The Morgan fingerprint density at radius 3 is 2.67 bits per heavy atom. The SMILES string of the molecule is CN1CC(NCc2cc(F)cc(C(F)(F)F)c2)CCC1=O. The molecule has 7 heteroatoms. The lowest BCUT2D eigenvalue weighted by atomic mass is 10.0. The smallest absolute Gasteiger partial charge is 0.344 e. The number of halogens is 4. The topological polar surface area (TPSA) is 32.3 Å². The minimum absolute atomic E-state index is 0.00491. The number of nitrogens with one attached hydrogen (secondary N) is 1. The molecule has 1 heterocycles. The summed E-state index contributed by atoms with van der Waals surface area (Å²) >= 11 is 0. The van der Waals surface area contributed by atoms with Gasteiger partial charge in [-0.3, -0.25) is 4.79 Å². The van der Waals surface area contributed by atoms with Crippen molar-refractivity contribution < 1.29 is 22.4 Å². The van der Waals surface area contributed by atoms with Crippen LogP contribution in [-0.2, 0) is 17.5 Å². The zero-order chi connectivity index (χ0) is 15.6. The van der Waals surface area contributed by atoms with Crippen LogP contribution >= 0.6 is 0 Å². The van der Waals surface area contributed by atoms with Crippen LogP contribution in [0, 0.1) is 5.82 Å². The molecule has 0 aliphatic carbocycles. The summed E-state index contributed by atoms with van der Waals surface area (Å²) in [6.07, 6.45) is -3.52. The second-order valence-corrected chi connectivity index (χ2v) is 5.24. The minimum Gasteiger partial charge on any atom is -0.344 e. The van der Waals surface area contributed by atoms with Crippen molar-refractivity contribution in [2.45, 2.75) is 31.6 Å². The molecule has 1 aliphatic heterocycles. The first-order valence-electron chi connectivity index (χ1n) is 6.59. The molecule has 0 spiro atoms. The number of hydrogen-bond donors (Lipinski definition) is 1. The van der Waals surface area contributed by atoms with Crippen molar-refractivity contribution in [1.29, 1.82) is 0 Å². The fourth-order valence-corrected chi connectivity index (χ4v) is 2.36. The van der Waals surface area contributed by atoms with Crippen molar-refractivity contribution in [3.8, 4) is 0 Å². The molecule has 2 rings (SSSR count). The molecule has 0 aromatic heterocycles. The predicted octanol–water partition coefficient (Wildman–Crippen LogP) is 2.55. The van der Waals surface area contributed by atoms with Crippen LogP contribution in [0.5, 0.6) is 0 Å². The molecule has 0 saturated carbocycles. The molecule has 21 heavy (non-hydrogen) atoms. The van der Waals surface area contributed by atoms with E-state index in [1.807, 2.05) is 0 Å². The summed E-state index contributed by atoms with van der Waals surface area (Å²) in [6.45, 7) is 0.633. The molecule has 1 unspecified atom stereocenters. The van der Waals surface area contributed by atoms with Crippen molar-refractivity contribution in [3.63, 3.8) is 0 Å². The molecule has 1 fully saturated rings. The number of piperidine rings is 1. The summed E-state index contributed by atoms with van der Waals surface area (Å²) in [7, 11) is 1.68. The van der Waals surface area contributed by atoms with Gasteiger partial charge in [0.05, 0.1) is 5.56 Å². The number of carbonyl (C=O) groups is 1. The van der Waals surface area contributed by atoms with Crippen molar-refractivity contribution in [2.75, 3.05) is 13.6 Å². The first kappa shape index (κ1) is 15.8. The lowest BCUT2D eigenvalue weighted by Gasteiger charge is -2.30. The number of carbonyl (C=O) groups excluding carboxylic acids is 1. The summed E-state index contributed by atoms with van der Waals surface area (Å²) < 4.78 is 51.1. The highest BCUT2D eigenvalue weighted by Crippen LogP contribution is 2.30. The van der Waals surface area contributed by atoms with E-state index in [4.69, 9.17) is 0 Å². The monoisotopic (exact) mass is 304 g/mol. The van der Waals surface area contributed by atoms with E-state index in [1.165, 1.54) is 0 Å². The lowest BCUT2D eigenvalue weighted by molar-refractivity contribution is -0.138. The first-order valence-corrected chi connectivity index (χ1v) is 6.59. The van der Waals surface area contributed by atoms with Gasteiger partial charge < -0.3 is 10.2 Å². The molecule has 1 saturated heterocycles. The number of amides is 1. The van der Waals surface area contributed by atoms with E-state index in [2.05, 4.69) is 5.32 Å². The number of benzene rings is 1. The summed E-state index contributed by atoms with van der Waals surface area (Å²) in [5.74, 6) is -0.851. The molecule has 1 aliphatic rings. The Hall–Kier alpha value is -1.63. The molecule has 0 bridgehead atoms. The third kappa shape index (κ3) is 4.17. The molecule has 1 aromatic carbocycles. The van der Waals surface area contributed by atoms with E-state index in [9.17, 15) is 22.4 Å². The Bertz CT molecular complexity index is 530. The van der Waals surface area contributed by atoms with E-state index in [1.54, 1.807) is 11.9 Å². The first-order chi connectivity index (χ1) is 9.75. The van der Waals surface area contributed by atoms with E-state index in [0.717, 1.165) is 12.1 Å². The summed E-state index contributed by atoms with van der Waals surface area (Å²) in [4.78, 5) is 12.9. The van der Waals surface area contributed by atoms with Gasteiger partial charge in [0, 0.05) is 32.6 Å². The molecule has 1 aromatic rings. The van der Waals surface area contributed by atoms with Crippen molar-refractivity contribution in [2.24, 2.45) is 0 Å². The molecule has 1 N–H and O–H groups in total. The van der Waals surface area contributed by atoms with Crippen LogP contribution in [0.3, 0.4) is 0 Å². The molecular weight excluding hydrogens is 288 g/mol. The fraction of sp³-hybridized carbons (Fsp3) is 0.500. The van der Waals surface area contributed by atoms with Gasteiger partial charge in [-0.2, -0.15) is 13.2 Å². The predicted molar refractivity (Wildman–Crippen MR) is 68.9 cm³/mol. The van der Waals surface area contributed by atoms with E-state index in [0.29, 0.717) is 25.5 Å². The molecule has 1 atom stereocenters. The van der Waals surface area contributed by atoms with E-state index < -0.39 is 17.6 Å². The van der Waals surface area contributed by atoms with Crippen LogP contribution in [0.2, 0.25) is 0 Å². The maximum Gasteiger partial charge on any atom is 0.416 e. The Balaban J connectivity index is 2.00. The van der Waals surface area contributed by atoms with Gasteiger partial charge in [-0.15, -0.1) is 0 Å². The highest BCUT2D eigenvalue weighted by atomic mass is 19.4. The quantitative estimate of drug-likeness (QED) is 0.871. The average molecular weight is 304 g/mol. The Labute approximate surface area is 119 Å². The molecule has 0 radical (unpaired) electrons. The van der Waals surface area contributed by atoms with Gasteiger partial charge in [0.2, 0.25) is 5.91 Å². The Kier molecular flexibility index (Phi) is 4.51. The fourth-order valence-electron chi connectivity index (χ4n) is 2.36. The standard InChI is InChI=1S/C14H16F4N2O/c1-20-8-12(2-3-13(20)21)19-7-9-4-10(14(16,17)18)6-11(15)5-9/h4-6,12,19H,2-3,7-8H2,1H3. The Morgan fingerprint density at radius 1 is 1.33 bits per heavy atom. The second kappa shape index (κ2) is 6.01. The number of likely N-dealkylation sites (N-methyl/N-ethyl adjacent to an activating group) is 1. The number of hydrogen-bond acceptors (Lipinski definition) is 2. The van der Waals surface area contributed by atoms with Gasteiger partial charge in [0.25, 0.3) is 0 Å². The third-order valence-corrected chi connectivity index (χ3v) is 3.51. The number of likely N-dealkylation sites (tertiary alicyclic amines) is 1.